The van der Waals surface area contributed by atoms with Gasteiger partial charge in [-0.3, -0.25) is 4.90 Å². The average molecular weight is 284 g/mol. The molecule has 1 fully saturated rings. The van der Waals surface area contributed by atoms with Gasteiger partial charge in [0, 0.05) is 25.7 Å². The first-order valence-electron chi connectivity index (χ1n) is 8.42. The van der Waals surface area contributed by atoms with Crippen LogP contribution in [0.25, 0.3) is 0 Å². The molecular weight excluding hydrogens is 248 g/mol. The molecule has 0 aromatic heterocycles. The number of nitrogens with zero attached hydrogens (tertiary/aromatic N) is 1. The molecule has 3 heteroatoms. The summed E-state index contributed by atoms with van der Waals surface area (Å²) in [5.74, 6) is 0.762. The minimum atomic E-state index is 0.419. The molecule has 3 unspecified atom stereocenters. The van der Waals surface area contributed by atoms with Gasteiger partial charge in [0.05, 0.1) is 6.61 Å². The van der Waals surface area contributed by atoms with Gasteiger partial charge in [0.1, 0.15) is 0 Å². The van der Waals surface area contributed by atoms with E-state index in [-0.39, 0.29) is 0 Å². The van der Waals surface area contributed by atoms with Crippen LogP contribution in [0.4, 0.5) is 0 Å². The summed E-state index contributed by atoms with van der Waals surface area (Å²) < 4.78 is 5.33. The predicted octanol–water partition coefficient (Wildman–Crippen LogP) is 3.15. The number of nitrogens with one attached hydrogen (secondary N) is 1. The Morgan fingerprint density at radius 2 is 2.05 bits per heavy atom. The first-order chi connectivity index (χ1) is 9.46. The summed E-state index contributed by atoms with van der Waals surface area (Å²) in [5, 5.41) is 3.77. The van der Waals surface area contributed by atoms with E-state index >= 15 is 0 Å². The summed E-state index contributed by atoms with van der Waals surface area (Å²) in [5.41, 5.74) is 0.419. The SMILES string of the molecule is CCNC1C(CN(CC)C(C)COC)CCCC1(C)C. The maximum atomic E-state index is 5.33. The fraction of sp³-hybridized carbons (Fsp3) is 1.00. The Bertz CT molecular complexity index is 268. The molecule has 1 N–H and O–H groups in total. The predicted molar refractivity (Wildman–Crippen MR) is 87.2 cm³/mol. The molecule has 20 heavy (non-hydrogen) atoms. The van der Waals surface area contributed by atoms with E-state index in [4.69, 9.17) is 4.74 Å². The lowest BCUT2D eigenvalue weighted by atomic mass is 9.67. The van der Waals surface area contributed by atoms with E-state index in [1.807, 2.05) is 0 Å². The second kappa shape index (κ2) is 8.35. The lowest BCUT2D eigenvalue weighted by Gasteiger charge is -2.46. The molecule has 1 rings (SSSR count). The smallest absolute Gasteiger partial charge is 0.0615 e. The van der Waals surface area contributed by atoms with Crippen LogP contribution in [0.2, 0.25) is 0 Å². The van der Waals surface area contributed by atoms with Crippen LogP contribution in [0, 0.1) is 11.3 Å². The Balaban J connectivity index is 2.70. The highest BCUT2D eigenvalue weighted by molar-refractivity contribution is 4.94. The van der Waals surface area contributed by atoms with Gasteiger partial charge in [-0.05, 0) is 44.2 Å². The zero-order valence-electron chi connectivity index (χ0n) is 14.5. The lowest BCUT2D eigenvalue weighted by molar-refractivity contribution is 0.0483. The molecule has 0 aromatic carbocycles. The monoisotopic (exact) mass is 284 g/mol. The fourth-order valence-electron chi connectivity index (χ4n) is 3.91. The summed E-state index contributed by atoms with van der Waals surface area (Å²) >= 11 is 0. The Morgan fingerprint density at radius 3 is 2.60 bits per heavy atom. The molecule has 120 valence electrons. The van der Waals surface area contributed by atoms with E-state index in [9.17, 15) is 0 Å². The molecule has 0 spiro atoms. The van der Waals surface area contributed by atoms with Crippen LogP contribution in [-0.2, 0) is 4.74 Å². The number of likely N-dealkylation sites (N-methyl/N-ethyl adjacent to an activating group) is 1. The summed E-state index contributed by atoms with van der Waals surface area (Å²) in [4.78, 5) is 2.58. The van der Waals surface area contributed by atoms with Crippen LogP contribution < -0.4 is 5.32 Å². The maximum absolute atomic E-state index is 5.33. The maximum Gasteiger partial charge on any atom is 0.0615 e. The van der Waals surface area contributed by atoms with E-state index in [1.165, 1.54) is 25.8 Å². The highest BCUT2D eigenvalue weighted by Crippen LogP contribution is 2.39. The second-order valence-corrected chi connectivity index (χ2v) is 7.07. The molecule has 0 saturated heterocycles. The second-order valence-electron chi connectivity index (χ2n) is 7.07. The van der Waals surface area contributed by atoms with E-state index in [1.54, 1.807) is 7.11 Å². The Kier molecular flexibility index (Phi) is 7.49. The van der Waals surface area contributed by atoms with Gasteiger partial charge >= 0.3 is 0 Å². The molecule has 0 radical (unpaired) electrons. The van der Waals surface area contributed by atoms with Gasteiger partial charge in [-0.2, -0.15) is 0 Å². The topological polar surface area (TPSA) is 24.5 Å². The molecular formula is C17H36N2O. The number of methoxy groups -OCH3 is 1. The number of rotatable bonds is 8. The Morgan fingerprint density at radius 1 is 1.35 bits per heavy atom. The van der Waals surface area contributed by atoms with Crippen molar-refractivity contribution in [3.8, 4) is 0 Å². The van der Waals surface area contributed by atoms with Crippen LogP contribution >= 0.6 is 0 Å². The zero-order valence-corrected chi connectivity index (χ0v) is 14.5. The summed E-state index contributed by atoms with van der Waals surface area (Å²) in [6.07, 6.45) is 4.08. The van der Waals surface area contributed by atoms with Crippen LogP contribution in [0.5, 0.6) is 0 Å². The summed E-state index contributed by atoms with van der Waals surface area (Å²) in [6, 6.07) is 1.15. The van der Waals surface area contributed by atoms with Crippen molar-refractivity contribution in [1.29, 1.82) is 0 Å². The summed E-state index contributed by atoms with van der Waals surface area (Å²) in [7, 11) is 1.80. The van der Waals surface area contributed by atoms with E-state index < -0.39 is 0 Å². The largest absolute Gasteiger partial charge is 0.383 e. The first kappa shape index (κ1) is 17.9. The van der Waals surface area contributed by atoms with Crippen molar-refractivity contribution in [3.05, 3.63) is 0 Å². The summed E-state index contributed by atoms with van der Waals surface area (Å²) in [6.45, 7) is 15.9. The molecule has 0 aromatic rings. The van der Waals surface area contributed by atoms with Crippen molar-refractivity contribution < 1.29 is 4.74 Å². The molecule has 0 amide bonds. The van der Waals surface area contributed by atoms with Gasteiger partial charge < -0.3 is 10.1 Å². The van der Waals surface area contributed by atoms with Crippen LogP contribution in [0.1, 0.15) is 53.9 Å². The minimum absolute atomic E-state index is 0.419. The van der Waals surface area contributed by atoms with Crippen molar-refractivity contribution in [1.82, 2.24) is 10.2 Å². The van der Waals surface area contributed by atoms with Gasteiger partial charge in [-0.25, -0.2) is 0 Å². The molecule has 1 saturated carbocycles. The third-order valence-corrected chi connectivity index (χ3v) is 5.04. The van der Waals surface area contributed by atoms with Gasteiger partial charge in [-0.15, -0.1) is 0 Å². The highest BCUT2D eigenvalue weighted by Gasteiger charge is 2.39. The van der Waals surface area contributed by atoms with Crippen molar-refractivity contribution in [2.45, 2.75) is 66.0 Å². The Hall–Kier alpha value is -0.120. The first-order valence-corrected chi connectivity index (χ1v) is 8.42. The average Bonchev–Trinajstić information content (AvgIpc) is 2.39. The van der Waals surface area contributed by atoms with Crippen molar-refractivity contribution >= 4 is 0 Å². The normalized spacial score (nSPS) is 27.8. The zero-order chi connectivity index (χ0) is 15.2. The van der Waals surface area contributed by atoms with Crippen molar-refractivity contribution in [2.24, 2.45) is 11.3 Å². The standard InChI is InChI=1S/C17H36N2O/c1-7-18-16-15(10-9-11-17(16,4)5)12-19(8-2)14(3)13-20-6/h14-16,18H,7-13H2,1-6H3. The van der Waals surface area contributed by atoms with Crippen LogP contribution in [0.3, 0.4) is 0 Å². The molecule has 0 bridgehead atoms. The number of hydrogen-bond acceptors (Lipinski definition) is 3. The molecule has 3 atom stereocenters. The van der Waals surface area contributed by atoms with Gasteiger partial charge in [0.25, 0.3) is 0 Å². The molecule has 0 aliphatic heterocycles. The van der Waals surface area contributed by atoms with Crippen LogP contribution in [-0.4, -0.2) is 50.3 Å². The van der Waals surface area contributed by atoms with Gasteiger partial charge in [0.15, 0.2) is 0 Å². The van der Waals surface area contributed by atoms with Crippen molar-refractivity contribution in [3.63, 3.8) is 0 Å². The molecule has 1 aliphatic rings. The molecule has 0 heterocycles. The minimum Gasteiger partial charge on any atom is -0.383 e. The third-order valence-electron chi connectivity index (χ3n) is 5.04. The Labute approximate surface area is 126 Å². The van der Waals surface area contributed by atoms with E-state index in [0.29, 0.717) is 17.5 Å². The number of ether oxygens (including phenoxy) is 1. The third kappa shape index (κ3) is 4.71. The number of hydrogen-bond donors (Lipinski definition) is 1. The molecule has 1 aliphatic carbocycles. The van der Waals surface area contributed by atoms with Crippen LogP contribution in [0.15, 0.2) is 0 Å². The van der Waals surface area contributed by atoms with Gasteiger partial charge in [-0.1, -0.05) is 34.1 Å². The van der Waals surface area contributed by atoms with E-state index in [2.05, 4.69) is 44.8 Å². The quantitative estimate of drug-likeness (QED) is 0.741. The van der Waals surface area contributed by atoms with E-state index in [0.717, 1.165) is 25.6 Å². The van der Waals surface area contributed by atoms with Crippen molar-refractivity contribution in [2.75, 3.05) is 33.4 Å². The van der Waals surface area contributed by atoms with Gasteiger partial charge in [0.2, 0.25) is 0 Å². The lowest BCUT2D eigenvalue weighted by Crippen LogP contribution is -2.54. The fourth-order valence-corrected chi connectivity index (χ4v) is 3.91. The highest BCUT2D eigenvalue weighted by atomic mass is 16.5. The molecule has 3 nitrogen and oxygen atoms in total.